The van der Waals surface area contributed by atoms with Crippen LogP contribution in [0.2, 0.25) is 0 Å². The van der Waals surface area contributed by atoms with Gasteiger partial charge in [0.05, 0.1) is 17.8 Å². The molecule has 0 radical (unpaired) electrons. The Morgan fingerprint density at radius 2 is 2.29 bits per heavy atom. The fraction of sp³-hybridized carbons (Fsp3) is 0.667. The van der Waals surface area contributed by atoms with Crippen LogP contribution in [-0.2, 0) is 12.9 Å². The van der Waals surface area contributed by atoms with Gasteiger partial charge in [0, 0.05) is 12.8 Å². The lowest BCUT2D eigenvalue weighted by atomic mass is 10.5. The van der Waals surface area contributed by atoms with Crippen LogP contribution in [0.3, 0.4) is 0 Å². The van der Waals surface area contributed by atoms with E-state index >= 15 is 0 Å². The van der Waals surface area contributed by atoms with Gasteiger partial charge in [0.1, 0.15) is 0 Å². The SMILES string of the molecule is CSCCCSc1ncc(CCl)n1C. The maximum atomic E-state index is 5.76. The summed E-state index contributed by atoms with van der Waals surface area (Å²) < 4.78 is 2.07. The minimum atomic E-state index is 0.537. The lowest BCUT2D eigenvalue weighted by Crippen LogP contribution is -1.96. The Bertz CT molecular complexity index is 276. The lowest BCUT2D eigenvalue weighted by molar-refractivity contribution is 0.760. The van der Waals surface area contributed by atoms with E-state index in [1.54, 1.807) is 11.8 Å². The normalized spacial score (nSPS) is 10.8. The van der Waals surface area contributed by atoms with Gasteiger partial charge >= 0.3 is 0 Å². The zero-order valence-electron chi connectivity index (χ0n) is 8.49. The van der Waals surface area contributed by atoms with E-state index in [9.17, 15) is 0 Å². The minimum Gasteiger partial charge on any atom is -0.325 e. The molecule has 14 heavy (non-hydrogen) atoms. The fourth-order valence-electron chi connectivity index (χ4n) is 1.05. The summed E-state index contributed by atoms with van der Waals surface area (Å²) in [5.74, 6) is 2.89. The van der Waals surface area contributed by atoms with Crippen molar-refractivity contribution in [2.75, 3.05) is 17.8 Å². The first kappa shape index (κ1) is 12.3. The quantitative estimate of drug-likeness (QED) is 0.439. The van der Waals surface area contributed by atoms with Gasteiger partial charge in [-0.3, -0.25) is 0 Å². The van der Waals surface area contributed by atoms with E-state index in [0.717, 1.165) is 16.6 Å². The average molecular weight is 251 g/mol. The lowest BCUT2D eigenvalue weighted by Gasteiger charge is -2.02. The highest BCUT2D eigenvalue weighted by atomic mass is 35.5. The molecule has 0 aromatic carbocycles. The van der Waals surface area contributed by atoms with Crippen LogP contribution in [0.4, 0.5) is 0 Å². The van der Waals surface area contributed by atoms with Crippen molar-refractivity contribution in [1.82, 2.24) is 9.55 Å². The van der Waals surface area contributed by atoms with Crippen molar-refractivity contribution in [2.45, 2.75) is 17.5 Å². The van der Waals surface area contributed by atoms with E-state index in [-0.39, 0.29) is 0 Å². The Morgan fingerprint density at radius 1 is 1.50 bits per heavy atom. The van der Waals surface area contributed by atoms with Gasteiger partial charge in [-0.25, -0.2) is 4.98 Å². The van der Waals surface area contributed by atoms with Gasteiger partial charge in [-0.05, 0) is 18.4 Å². The predicted molar refractivity (Wildman–Crippen MR) is 66.5 cm³/mol. The zero-order valence-corrected chi connectivity index (χ0v) is 10.9. The van der Waals surface area contributed by atoms with Crippen molar-refractivity contribution in [3.05, 3.63) is 11.9 Å². The summed E-state index contributed by atoms with van der Waals surface area (Å²) in [4.78, 5) is 4.32. The zero-order chi connectivity index (χ0) is 10.4. The Balaban J connectivity index is 2.39. The minimum absolute atomic E-state index is 0.537. The second kappa shape index (κ2) is 6.64. The van der Waals surface area contributed by atoms with Crippen LogP contribution in [0, 0.1) is 0 Å². The van der Waals surface area contributed by atoms with E-state index in [1.165, 1.54) is 12.2 Å². The molecule has 1 heterocycles. The molecule has 0 unspecified atom stereocenters. The maximum Gasteiger partial charge on any atom is 0.167 e. The second-order valence-corrected chi connectivity index (χ2v) is 5.23. The highest BCUT2D eigenvalue weighted by Gasteiger charge is 2.05. The molecule has 0 saturated heterocycles. The molecule has 0 aliphatic heterocycles. The first-order valence-corrected chi connectivity index (χ1v) is 7.39. The summed E-state index contributed by atoms with van der Waals surface area (Å²) in [5.41, 5.74) is 1.08. The van der Waals surface area contributed by atoms with E-state index in [4.69, 9.17) is 11.6 Å². The van der Waals surface area contributed by atoms with Crippen LogP contribution in [0.25, 0.3) is 0 Å². The number of hydrogen-bond donors (Lipinski definition) is 0. The van der Waals surface area contributed by atoms with E-state index < -0.39 is 0 Å². The summed E-state index contributed by atoms with van der Waals surface area (Å²) in [7, 11) is 2.02. The first-order valence-electron chi connectivity index (χ1n) is 4.48. The van der Waals surface area contributed by atoms with E-state index in [0.29, 0.717) is 5.88 Å². The third-order valence-corrected chi connectivity index (χ3v) is 4.00. The van der Waals surface area contributed by atoms with Crippen LogP contribution in [-0.4, -0.2) is 27.3 Å². The van der Waals surface area contributed by atoms with Crippen LogP contribution >= 0.6 is 35.1 Å². The smallest absolute Gasteiger partial charge is 0.167 e. The van der Waals surface area contributed by atoms with Crippen LogP contribution in [0.5, 0.6) is 0 Å². The predicted octanol–water partition coefficient (Wildman–Crippen LogP) is 3.00. The second-order valence-electron chi connectivity index (χ2n) is 2.92. The molecule has 0 saturated carbocycles. The van der Waals surface area contributed by atoms with Gasteiger partial charge < -0.3 is 4.57 Å². The number of thioether (sulfide) groups is 2. The molecule has 0 bridgehead atoms. The largest absolute Gasteiger partial charge is 0.325 e. The molecule has 0 spiro atoms. The molecule has 0 aliphatic carbocycles. The Hall–Kier alpha value is 0.200. The molecule has 0 atom stereocenters. The van der Waals surface area contributed by atoms with Gasteiger partial charge in [-0.2, -0.15) is 11.8 Å². The number of hydrogen-bond acceptors (Lipinski definition) is 3. The number of alkyl halides is 1. The molecule has 1 rings (SSSR count). The van der Waals surface area contributed by atoms with Crippen molar-refractivity contribution in [3.63, 3.8) is 0 Å². The molecule has 0 aliphatic rings. The van der Waals surface area contributed by atoms with E-state index in [2.05, 4.69) is 15.8 Å². The molecular formula is C9H15ClN2S2. The summed E-state index contributed by atoms with van der Waals surface area (Å²) in [6, 6.07) is 0. The number of rotatable bonds is 6. The maximum absolute atomic E-state index is 5.76. The molecule has 0 amide bonds. The molecule has 0 fully saturated rings. The van der Waals surface area contributed by atoms with Gasteiger partial charge in [-0.15, -0.1) is 11.6 Å². The Labute approximate surface area is 98.8 Å². The number of imidazole rings is 1. The van der Waals surface area contributed by atoms with Crippen molar-refractivity contribution in [2.24, 2.45) is 7.05 Å². The average Bonchev–Trinajstić information content (AvgIpc) is 2.55. The Kier molecular flexibility index (Phi) is 5.82. The molecule has 2 nitrogen and oxygen atoms in total. The molecule has 80 valence electrons. The highest BCUT2D eigenvalue weighted by Crippen LogP contribution is 2.19. The summed E-state index contributed by atoms with van der Waals surface area (Å²) >= 11 is 9.45. The summed E-state index contributed by atoms with van der Waals surface area (Å²) in [6.07, 6.45) is 5.22. The van der Waals surface area contributed by atoms with Crippen molar-refractivity contribution in [1.29, 1.82) is 0 Å². The molecule has 5 heteroatoms. The molecule has 0 N–H and O–H groups in total. The summed E-state index contributed by atoms with van der Waals surface area (Å²) in [5, 5.41) is 1.07. The standard InChI is InChI=1S/C9H15ClN2S2/c1-12-8(6-10)7-11-9(12)14-5-3-4-13-2/h7H,3-6H2,1-2H3. The molecular weight excluding hydrogens is 236 g/mol. The monoisotopic (exact) mass is 250 g/mol. The van der Waals surface area contributed by atoms with Gasteiger partial charge in [0.15, 0.2) is 5.16 Å². The van der Waals surface area contributed by atoms with Crippen molar-refractivity contribution < 1.29 is 0 Å². The third kappa shape index (κ3) is 3.41. The third-order valence-electron chi connectivity index (χ3n) is 1.90. The van der Waals surface area contributed by atoms with E-state index in [1.807, 2.05) is 25.0 Å². The number of halogens is 1. The molecule has 1 aromatic heterocycles. The van der Waals surface area contributed by atoms with Crippen molar-refractivity contribution in [3.8, 4) is 0 Å². The van der Waals surface area contributed by atoms with Gasteiger partial charge in [0.2, 0.25) is 0 Å². The number of aromatic nitrogens is 2. The van der Waals surface area contributed by atoms with Crippen LogP contribution in [0.1, 0.15) is 12.1 Å². The fourth-order valence-corrected chi connectivity index (χ4v) is 2.82. The summed E-state index contributed by atoms with van der Waals surface area (Å²) in [6.45, 7) is 0. The first-order chi connectivity index (χ1) is 6.79. The topological polar surface area (TPSA) is 17.8 Å². The van der Waals surface area contributed by atoms with Crippen LogP contribution < -0.4 is 0 Å². The highest BCUT2D eigenvalue weighted by molar-refractivity contribution is 7.99. The van der Waals surface area contributed by atoms with Crippen molar-refractivity contribution >= 4 is 35.1 Å². The molecule has 1 aromatic rings. The van der Waals surface area contributed by atoms with Gasteiger partial charge in [0.25, 0.3) is 0 Å². The number of nitrogens with zero attached hydrogens (tertiary/aromatic N) is 2. The van der Waals surface area contributed by atoms with Gasteiger partial charge in [-0.1, -0.05) is 11.8 Å². The van der Waals surface area contributed by atoms with Crippen LogP contribution in [0.15, 0.2) is 11.4 Å². The Morgan fingerprint density at radius 3 is 2.86 bits per heavy atom.